The van der Waals surface area contributed by atoms with Crippen molar-refractivity contribution in [3.05, 3.63) is 17.3 Å². The molecule has 0 saturated heterocycles. The predicted octanol–water partition coefficient (Wildman–Crippen LogP) is 2.15. The van der Waals surface area contributed by atoms with Gasteiger partial charge in [0.1, 0.15) is 15.2 Å². The van der Waals surface area contributed by atoms with E-state index >= 15 is 0 Å². The van der Waals surface area contributed by atoms with Crippen LogP contribution in [0.2, 0.25) is 0 Å². The highest BCUT2D eigenvalue weighted by atomic mass is 32.1. The molecule has 0 bridgehead atoms. The van der Waals surface area contributed by atoms with E-state index in [4.69, 9.17) is 5.73 Å². The van der Waals surface area contributed by atoms with Crippen LogP contribution in [0.4, 0.5) is 5.69 Å². The lowest BCUT2D eigenvalue weighted by molar-refractivity contribution is 0.0799. The van der Waals surface area contributed by atoms with E-state index in [1.165, 1.54) is 11.3 Å². The molecule has 0 aliphatic heterocycles. The van der Waals surface area contributed by atoms with Crippen molar-refractivity contribution >= 4 is 33.3 Å². The summed E-state index contributed by atoms with van der Waals surface area (Å²) in [6.07, 6.45) is 5.24. The summed E-state index contributed by atoms with van der Waals surface area (Å²) in [4.78, 5) is 23.5. The number of unbranched alkanes of at least 4 members (excludes halogenated alkanes) is 1. The van der Waals surface area contributed by atoms with Crippen molar-refractivity contribution in [1.82, 2.24) is 14.9 Å². The van der Waals surface area contributed by atoms with E-state index in [-0.39, 0.29) is 5.91 Å². The number of hydrogen-bond acceptors (Lipinski definition) is 5. The van der Waals surface area contributed by atoms with Crippen LogP contribution >= 0.6 is 11.3 Å². The fraction of sp³-hybridized carbons (Fsp3) is 0.417. The molecule has 2 N–H and O–H groups in total. The van der Waals surface area contributed by atoms with E-state index in [9.17, 15) is 4.79 Å². The summed E-state index contributed by atoms with van der Waals surface area (Å²) in [7, 11) is 1.79. The van der Waals surface area contributed by atoms with Gasteiger partial charge in [-0.15, -0.1) is 11.3 Å². The molecule has 0 spiro atoms. The van der Waals surface area contributed by atoms with E-state index in [2.05, 4.69) is 16.9 Å². The first-order chi connectivity index (χ1) is 8.65. The van der Waals surface area contributed by atoms with Gasteiger partial charge in [-0.05, 0) is 6.42 Å². The van der Waals surface area contributed by atoms with Gasteiger partial charge in [-0.2, -0.15) is 0 Å². The molecule has 0 aliphatic carbocycles. The Morgan fingerprint density at radius 3 is 2.83 bits per heavy atom. The Balaban J connectivity index is 2.30. The van der Waals surface area contributed by atoms with Crippen LogP contribution in [0, 0.1) is 0 Å². The lowest BCUT2D eigenvalue weighted by atomic mass is 10.3. The number of nitrogen functional groups attached to an aromatic ring is 1. The Morgan fingerprint density at radius 1 is 1.44 bits per heavy atom. The highest BCUT2D eigenvalue weighted by molar-refractivity contribution is 7.21. The molecule has 0 atom stereocenters. The molecule has 6 heteroatoms. The minimum atomic E-state index is -0.0502. The second-order valence-corrected chi connectivity index (χ2v) is 5.13. The molecule has 2 rings (SSSR count). The van der Waals surface area contributed by atoms with Gasteiger partial charge in [-0.25, -0.2) is 9.97 Å². The maximum absolute atomic E-state index is 12.2. The number of nitrogens with two attached hydrogens (primary N) is 1. The summed E-state index contributed by atoms with van der Waals surface area (Å²) in [5, 5.41) is 0. The first-order valence-electron chi connectivity index (χ1n) is 5.89. The van der Waals surface area contributed by atoms with Gasteiger partial charge in [0.05, 0.1) is 5.69 Å². The summed E-state index contributed by atoms with van der Waals surface area (Å²) in [5.41, 5.74) is 7.03. The second-order valence-electron chi connectivity index (χ2n) is 4.14. The lowest BCUT2D eigenvalue weighted by Gasteiger charge is -2.15. The highest BCUT2D eigenvalue weighted by Gasteiger charge is 2.20. The first-order valence-corrected chi connectivity index (χ1v) is 6.71. The van der Waals surface area contributed by atoms with Gasteiger partial charge in [0.15, 0.2) is 0 Å². The third-order valence-electron chi connectivity index (χ3n) is 2.75. The molecule has 0 aromatic carbocycles. The monoisotopic (exact) mass is 264 g/mol. The van der Waals surface area contributed by atoms with Crippen molar-refractivity contribution in [2.45, 2.75) is 19.8 Å². The van der Waals surface area contributed by atoms with Crippen LogP contribution in [-0.2, 0) is 0 Å². The minimum Gasteiger partial charge on any atom is -0.396 e. The molecule has 0 saturated carbocycles. The van der Waals surface area contributed by atoms with Crippen LogP contribution < -0.4 is 5.73 Å². The highest BCUT2D eigenvalue weighted by Crippen LogP contribution is 2.31. The Bertz CT molecular complexity index is 566. The van der Waals surface area contributed by atoms with Gasteiger partial charge in [-0.1, -0.05) is 13.3 Å². The Hall–Kier alpha value is -1.69. The Kier molecular flexibility index (Phi) is 3.76. The molecule has 1 amide bonds. The van der Waals surface area contributed by atoms with Crippen LogP contribution in [0.5, 0.6) is 0 Å². The van der Waals surface area contributed by atoms with Crippen LogP contribution in [0.15, 0.2) is 12.4 Å². The fourth-order valence-electron chi connectivity index (χ4n) is 1.67. The fourth-order valence-corrected chi connectivity index (χ4v) is 2.69. The number of hydrogen-bond donors (Lipinski definition) is 1. The molecule has 18 heavy (non-hydrogen) atoms. The molecule has 0 radical (unpaired) electrons. The quantitative estimate of drug-likeness (QED) is 0.918. The van der Waals surface area contributed by atoms with Gasteiger partial charge < -0.3 is 10.6 Å². The van der Waals surface area contributed by atoms with Crippen LogP contribution in [-0.4, -0.2) is 34.4 Å². The van der Waals surface area contributed by atoms with E-state index in [1.54, 1.807) is 24.3 Å². The van der Waals surface area contributed by atoms with Crippen LogP contribution in [0.1, 0.15) is 29.4 Å². The van der Waals surface area contributed by atoms with E-state index < -0.39 is 0 Å². The number of nitrogens with zero attached hydrogens (tertiary/aromatic N) is 3. The van der Waals surface area contributed by atoms with Crippen molar-refractivity contribution in [3.63, 3.8) is 0 Å². The average Bonchev–Trinajstić information content (AvgIpc) is 2.73. The maximum Gasteiger partial charge on any atom is 0.265 e. The van der Waals surface area contributed by atoms with Crippen molar-refractivity contribution in [2.75, 3.05) is 19.3 Å². The molecular weight excluding hydrogens is 248 g/mol. The van der Waals surface area contributed by atoms with Gasteiger partial charge in [-0.3, -0.25) is 4.79 Å². The number of thiophene rings is 1. The predicted molar refractivity (Wildman–Crippen MR) is 73.7 cm³/mol. The smallest absolute Gasteiger partial charge is 0.265 e. The van der Waals surface area contributed by atoms with Crippen molar-refractivity contribution < 1.29 is 4.79 Å². The summed E-state index contributed by atoms with van der Waals surface area (Å²) in [6, 6.07) is 0. The molecule has 0 fully saturated rings. The number of amides is 1. The van der Waals surface area contributed by atoms with Gasteiger partial charge >= 0.3 is 0 Å². The maximum atomic E-state index is 12.2. The Labute approximate surface area is 110 Å². The molecule has 0 aliphatic rings. The van der Waals surface area contributed by atoms with Crippen LogP contribution in [0.25, 0.3) is 10.3 Å². The van der Waals surface area contributed by atoms with Crippen molar-refractivity contribution in [2.24, 2.45) is 0 Å². The number of carbonyl (C=O) groups excluding carboxylic acids is 1. The zero-order chi connectivity index (χ0) is 13.1. The van der Waals surface area contributed by atoms with Crippen molar-refractivity contribution in [1.29, 1.82) is 0 Å². The zero-order valence-corrected chi connectivity index (χ0v) is 11.3. The van der Waals surface area contributed by atoms with E-state index in [1.807, 2.05) is 0 Å². The van der Waals surface area contributed by atoms with Crippen LogP contribution in [0.3, 0.4) is 0 Å². The number of carbonyl (C=O) groups is 1. The third-order valence-corrected chi connectivity index (χ3v) is 3.84. The number of rotatable bonds is 4. The first kappa shape index (κ1) is 12.8. The summed E-state index contributed by atoms with van der Waals surface area (Å²) in [5.74, 6) is -0.0502. The second kappa shape index (κ2) is 5.30. The Morgan fingerprint density at radius 2 is 2.17 bits per heavy atom. The molecule has 5 nitrogen and oxygen atoms in total. The summed E-state index contributed by atoms with van der Waals surface area (Å²) >= 11 is 1.30. The topological polar surface area (TPSA) is 72.1 Å². The van der Waals surface area contributed by atoms with Gasteiger partial charge in [0.2, 0.25) is 0 Å². The number of fused-ring (bicyclic) bond motifs is 1. The summed E-state index contributed by atoms with van der Waals surface area (Å²) in [6.45, 7) is 2.84. The van der Waals surface area contributed by atoms with Gasteiger partial charge in [0, 0.05) is 26.0 Å². The number of anilines is 1. The molecule has 96 valence electrons. The average molecular weight is 264 g/mol. The molecule has 2 heterocycles. The summed E-state index contributed by atoms with van der Waals surface area (Å²) < 4.78 is 0. The minimum absolute atomic E-state index is 0.0502. The standard InChI is InChI=1S/C12H16N4OS/c1-3-4-7-16(2)12(17)10-8(13)9-11(18-10)15-6-5-14-9/h5-6H,3-4,7,13H2,1-2H3. The molecule has 2 aromatic rings. The molecule has 0 unspecified atom stereocenters. The van der Waals surface area contributed by atoms with E-state index in [0.717, 1.165) is 19.4 Å². The van der Waals surface area contributed by atoms with Crippen molar-refractivity contribution in [3.8, 4) is 0 Å². The zero-order valence-electron chi connectivity index (χ0n) is 10.5. The third kappa shape index (κ3) is 2.28. The van der Waals surface area contributed by atoms with E-state index in [0.29, 0.717) is 20.9 Å². The lowest BCUT2D eigenvalue weighted by Crippen LogP contribution is -2.27. The normalized spacial score (nSPS) is 10.8. The SMILES string of the molecule is CCCCN(C)C(=O)c1sc2nccnc2c1N. The number of aromatic nitrogens is 2. The largest absolute Gasteiger partial charge is 0.396 e. The molecular formula is C12H16N4OS. The van der Waals surface area contributed by atoms with Gasteiger partial charge in [0.25, 0.3) is 5.91 Å². The molecule has 2 aromatic heterocycles.